The molecule has 0 bridgehead atoms. The van der Waals surface area contributed by atoms with Gasteiger partial charge in [-0.3, -0.25) is 0 Å². The highest BCUT2D eigenvalue weighted by Gasteiger charge is 2.41. The molecule has 0 radical (unpaired) electrons. The molecule has 300 valence electrons. The van der Waals surface area contributed by atoms with Gasteiger partial charge in [0.2, 0.25) is 0 Å². The van der Waals surface area contributed by atoms with Gasteiger partial charge >= 0.3 is 0 Å². The van der Waals surface area contributed by atoms with Gasteiger partial charge in [-0.25, -0.2) is 0 Å². The molecule has 0 aliphatic carbocycles. The predicted molar refractivity (Wildman–Crippen MR) is 272 cm³/mol. The summed E-state index contributed by atoms with van der Waals surface area (Å²) < 4.78 is 7.36. The second-order valence-electron chi connectivity index (χ2n) is 16.9. The van der Waals surface area contributed by atoms with Crippen LogP contribution in [0, 0.1) is 0 Å². The van der Waals surface area contributed by atoms with Gasteiger partial charge in [-0.05, 0) is 105 Å². The lowest BCUT2D eigenvalue weighted by Gasteiger charge is -2.34. The lowest BCUT2D eigenvalue weighted by atomic mass is 10.1. The largest absolute Gasteiger partial charge is 0.309 e. The molecule has 3 aromatic heterocycles. The van der Waals surface area contributed by atoms with Crippen molar-refractivity contribution in [3.05, 3.63) is 249 Å². The second-order valence-corrected chi connectivity index (χ2v) is 20.7. The Hall–Kier alpha value is -8.18. The lowest BCUT2D eigenvalue weighted by Crippen LogP contribution is -2.74. The molecule has 0 aliphatic rings. The van der Waals surface area contributed by atoms with Crippen LogP contribution in [0.5, 0.6) is 0 Å². The molecule has 10 aromatic carbocycles. The van der Waals surface area contributed by atoms with E-state index in [1.165, 1.54) is 92.2 Å². The monoisotopic (exact) mass is 831 g/mol. The van der Waals surface area contributed by atoms with Crippen molar-refractivity contribution < 1.29 is 0 Å². The highest BCUT2D eigenvalue weighted by molar-refractivity contribution is 7.19. The third-order valence-electron chi connectivity index (χ3n) is 13.6. The van der Waals surface area contributed by atoms with E-state index in [0.29, 0.717) is 0 Å². The van der Waals surface area contributed by atoms with E-state index in [1.807, 2.05) is 0 Å². The van der Waals surface area contributed by atoms with Gasteiger partial charge < -0.3 is 13.7 Å². The van der Waals surface area contributed by atoms with Gasteiger partial charge in [0.25, 0.3) is 0 Å². The summed E-state index contributed by atoms with van der Waals surface area (Å²) in [7, 11) is -2.65. The average molecular weight is 832 g/mol. The molecule has 13 rings (SSSR count). The van der Waals surface area contributed by atoms with Gasteiger partial charge in [0.05, 0.1) is 33.1 Å². The van der Waals surface area contributed by atoms with Gasteiger partial charge in [0.15, 0.2) is 8.07 Å². The molecule has 0 N–H and O–H groups in total. The average Bonchev–Trinajstić information content (AvgIpc) is 4.02. The van der Waals surface area contributed by atoms with Crippen molar-refractivity contribution in [3.63, 3.8) is 0 Å². The van der Waals surface area contributed by atoms with Crippen LogP contribution < -0.4 is 20.7 Å². The molecule has 0 amide bonds. The molecule has 0 fully saturated rings. The normalized spacial score (nSPS) is 12.1. The van der Waals surface area contributed by atoms with Crippen LogP contribution in [0.25, 0.3) is 82.8 Å². The Bertz CT molecular complexity index is 3650. The molecule has 3 heterocycles. The Morgan fingerprint density at radius 2 is 0.625 bits per heavy atom. The predicted octanol–water partition coefficient (Wildman–Crippen LogP) is 12.3. The number of hydrogen-bond acceptors (Lipinski definition) is 0. The molecule has 13 aromatic rings. The van der Waals surface area contributed by atoms with Crippen molar-refractivity contribution in [2.45, 2.75) is 0 Å². The first-order valence-electron chi connectivity index (χ1n) is 22.1. The van der Waals surface area contributed by atoms with Crippen LogP contribution in [-0.2, 0) is 0 Å². The van der Waals surface area contributed by atoms with Gasteiger partial charge in [-0.1, -0.05) is 176 Å². The molecule has 0 spiro atoms. The number of nitrogens with zero attached hydrogens (tertiary/aromatic N) is 3. The SMILES string of the molecule is c1ccc(-c2cccc(-n3c4cccc5c4c4c3cccc4n5-c3ccc4c(c3)c3ccccc3n4-c3ccc([Si](c4ccccc4)(c4ccccc4)c4ccccc4)cc3)c2)cc1. The zero-order valence-electron chi connectivity index (χ0n) is 35.0. The van der Waals surface area contributed by atoms with Crippen LogP contribution in [0.1, 0.15) is 0 Å². The number of hydrogen-bond donors (Lipinski definition) is 0. The van der Waals surface area contributed by atoms with Crippen molar-refractivity contribution in [3.8, 4) is 28.2 Å². The van der Waals surface area contributed by atoms with E-state index >= 15 is 0 Å². The third kappa shape index (κ3) is 5.33. The van der Waals surface area contributed by atoms with Crippen molar-refractivity contribution in [2.75, 3.05) is 0 Å². The van der Waals surface area contributed by atoms with Crippen LogP contribution >= 0.6 is 0 Å². The number of rotatable bonds is 8. The Morgan fingerprint density at radius 3 is 1.19 bits per heavy atom. The Balaban J connectivity index is 0.965. The molecule has 3 nitrogen and oxygen atoms in total. The van der Waals surface area contributed by atoms with E-state index in [-0.39, 0.29) is 0 Å². The van der Waals surface area contributed by atoms with Crippen molar-refractivity contribution in [1.82, 2.24) is 13.7 Å². The van der Waals surface area contributed by atoms with Crippen molar-refractivity contribution >= 4 is 83.5 Å². The Kier molecular flexibility index (Phi) is 8.23. The first-order chi connectivity index (χ1) is 31.8. The standard InChI is InChI=1S/C60H41N3Si/c1-5-18-42(19-6-1)43-20-15-21-45(40-43)62-55-30-16-32-57-59(55)60-56(62)31-17-33-58(60)63(57)46-36-39-54-52(41-46)51-28-13-14-29-53(51)61(54)44-34-37-50(38-35-44)64(47-22-7-2-8-23-47,48-24-9-3-10-25-48)49-26-11-4-12-27-49/h1-41H. The molecule has 0 aliphatic heterocycles. The van der Waals surface area contributed by atoms with E-state index in [0.717, 1.165) is 11.4 Å². The Morgan fingerprint density at radius 1 is 0.234 bits per heavy atom. The van der Waals surface area contributed by atoms with E-state index in [4.69, 9.17) is 0 Å². The lowest BCUT2D eigenvalue weighted by molar-refractivity contribution is 1.15. The van der Waals surface area contributed by atoms with Gasteiger partial charge in [0, 0.05) is 38.6 Å². The maximum Gasteiger partial charge on any atom is 0.179 e. The van der Waals surface area contributed by atoms with Gasteiger partial charge in [-0.15, -0.1) is 0 Å². The minimum atomic E-state index is -2.65. The van der Waals surface area contributed by atoms with Gasteiger partial charge in [0.1, 0.15) is 0 Å². The molecule has 0 atom stereocenters. The topological polar surface area (TPSA) is 14.8 Å². The highest BCUT2D eigenvalue weighted by atomic mass is 28.3. The van der Waals surface area contributed by atoms with Crippen molar-refractivity contribution in [2.24, 2.45) is 0 Å². The van der Waals surface area contributed by atoms with Crippen LogP contribution in [0.15, 0.2) is 249 Å². The summed E-state index contributed by atoms with van der Waals surface area (Å²) in [5.74, 6) is 0. The van der Waals surface area contributed by atoms with Crippen molar-refractivity contribution in [1.29, 1.82) is 0 Å². The van der Waals surface area contributed by atoms with Crippen LogP contribution in [-0.4, -0.2) is 21.8 Å². The fraction of sp³-hybridized carbons (Fsp3) is 0. The van der Waals surface area contributed by atoms with E-state index < -0.39 is 8.07 Å². The first kappa shape index (κ1) is 36.5. The molecule has 64 heavy (non-hydrogen) atoms. The van der Waals surface area contributed by atoms with Gasteiger partial charge in [-0.2, -0.15) is 0 Å². The van der Waals surface area contributed by atoms with E-state index in [9.17, 15) is 0 Å². The number of aromatic nitrogens is 3. The van der Waals surface area contributed by atoms with Crippen LogP contribution in [0.4, 0.5) is 0 Å². The molecule has 0 unspecified atom stereocenters. The number of para-hydroxylation sites is 1. The van der Waals surface area contributed by atoms with Crippen LogP contribution in [0.3, 0.4) is 0 Å². The third-order valence-corrected chi connectivity index (χ3v) is 18.4. The molecule has 4 heteroatoms. The quantitative estimate of drug-likeness (QED) is 0.107. The summed E-state index contributed by atoms with van der Waals surface area (Å²) in [5.41, 5.74) is 13.1. The number of fused-ring (bicyclic) bond motifs is 3. The fourth-order valence-electron chi connectivity index (χ4n) is 10.9. The molecule has 0 saturated carbocycles. The minimum absolute atomic E-state index is 1.15. The zero-order chi connectivity index (χ0) is 42.2. The molecular weight excluding hydrogens is 791 g/mol. The van der Waals surface area contributed by atoms with Crippen LogP contribution in [0.2, 0.25) is 0 Å². The maximum atomic E-state index is 2.47. The Labute approximate surface area is 372 Å². The first-order valence-corrected chi connectivity index (χ1v) is 24.1. The number of benzene rings is 10. The summed E-state index contributed by atoms with van der Waals surface area (Å²) in [5, 5.41) is 10.5. The van der Waals surface area contributed by atoms with E-state index in [1.54, 1.807) is 0 Å². The minimum Gasteiger partial charge on any atom is -0.309 e. The molecule has 0 saturated heterocycles. The summed E-state index contributed by atoms with van der Waals surface area (Å²) in [4.78, 5) is 0. The zero-order valence-corrected chi connectivity index (χ0v) is 36.0. The summed E-state index contributed by atoms with van der Waals surface area (Å²) in [6.07, 6.45) is 0. The summed E-state index contributed by atoms with van der Waals surface area (Å²) >= 11 is 0. The second kappa shape index (κ2) is 14.5. The smallest absolute Gasteiger partial charge is 0.179 e. The fourth-order valence-corrected chi connectivity index (χ4v) is 15.6. The summed E-state index contributed by atoms with van der Waals surface area (Å²) in [6, 6.07) is 92.0. The molecular formula is C60H41N3Si. The highest BCUT2D eigenvalue weighted by Crippen LogP contribution is 2.43. The van der Waals surface area contributed by atoms with E-state index in [2.05, 4.69) is 262 Å². The summed E-state index contributed by atoms with van der Waals surface area (Å²) in [6.45, 7) is 0. The maximum absolute atomic E-state index is 2.65.